The van der Waals surface area contributed by atoms with Gasteiger partial charge in [-0.15, -0.1) is 0 Å². The molecule has 1 N–H and O–H groups in total. The summed E-state index contributed by atoms with van der Waals surface area (Å²) in [6.07, 6.45) is 3.48. The molecule has 0 aliphatic rings. The molecule has 0 saturated carbocycles. The fourth-order valence-corrected chi connectivity index (χ4v) is 3.35. The van der Waals surface area contributed by atoms with Crippen LogP contribution in [0.1, 0.15) is 44.7 Å². The minimum atomic E-state index is -1.38. The summed E-state index contributed by atoms with van der Waals surface area (Å²) in [6, 6.07) is 11.1. The lowest BCUT2D eigenvalue weighted by molar-refractivity contribution is 0.0628. The first kappa shape index (κ1) is 23.4. The Hall–Kier alpha value is -3.28. The summed E-state index contributed by atoms with van der Waals surface area (Å²) in [5.41, 5.74) is 2.18. The maximum absolute atomic E-state index is 14.2. The number of nitrogens with one attached hydrogen (secondary N) is 1. The van der Waals surface area contributed by atoms with Gasteiger partial charge >= 0.3 is 0 Å². The number of benzene rings is 1. The van der Waals surface area contributed by atoms with Crippen molar-refractivity contribution in [3.63, 3.8) is 0 Å². The molecule has 0 aliphatic heterocycles. The van der Waals surface area contributed by atoms with E-state index in [4.69, 9.17) is 14.1 Å². The summed E-state index contributed by atoms with van der Waals surface area (Å²) >= 11 is 0. The highest BCUT2D eigenvalue weighted by Gasteiger charge is 2.21. The number of hydrogen-bond acceptors (Lipinski definition) is 3. The van der Waals surface area contributed by atoms with Gasteiger partial charge in [-0.25, -0.2) is 9.37 Å². The number of aromatic amines is 1. The lowest BCUT2D eigenvalue weighted by atomic mass is 9.79. The van der Waals surface area contributed by atoms with Crippen LogP contribution in [0.5, 0.6) is 0 Å². The zero-order chi connectivity index (χ0) is 23.7. The van der Waals surface area contributed by atoms with Gasteiger partial charge in [0.15, 0.2) is 19.4 Å². The van der Waals surface area contributed by atoms with Gasteiger partial charge in [0.2, 0.25) is 0 Å². The second-order valence-electron chi connectivity index (χ2n) is 9.23. The zero-order valence-corrected chi connectivity index (χ0v) is 19.7. The Morgan fingerprint density at radius 2 is 1.81 bits per heavy atom. The number of allylic oxidation sites excluding steroid dienone is 3. The number of imidazole rings is 1. The molecule has 166 valence electrons. The largest absolute Gasteiger partial charge is 0.488 e. The van der Waals surface area contributed by atoms with Gasteiger partial charge in [0.1, 0.15) is 17.1 Å². The number of rotatable bonds is 7. The van der Waals surface area contributed by atoms with Gasteiger partial charge < -0.3 is 14.1 Å². The molecular formula is C26H30BFN2O2. The predicted molar refractivity (Wildman–Crippen MR) is 132 cm³/mol. The number of furan rings is 1. The van der Waals surface area contributed by atoms with Gasteiger partial charge in [0, 0.05) is 11.3 Å². The molecular weight excluding hydrogens is 402 g/mol. The molecule has 2 aromatic heterocycles. The van der Waals surface area contributed by atoms with Crippen LogP contribution in [0, 0.1) is 6.92 Å². The number of hydrogen-bond donors (Lipinski definition) is 1. The van der Waals surface area contributed by atoms with Gasteiger partial charge in [0.05, 0.1) is 16.8 Å². The third-order valence-corrected chi connectivity index (χ3v) is 4.85. The van der Waals surface area contributed by atoms with Crippen LogP contribution in [0.2, 0.25) is 0 Å². The highest BCUT2D eigenvalue weighted by molar-refractivity contribution is 6.14. The van der Waals surface area contributed by atoms with Crippen molar-refractivity contribution in [1.82, 2.24) is 9.97 Å². The highest BCUT2D eigenvalue weighted by atomic mass is 19.1. The molecule has 32 heavy (non-hydrogen) atoms. The quantitative estimate of drug-likeness (QED) is 0.270. The Balaban J connectivity index is 1.90. The lowest BCUT2D eigenvalue weighted by Crippen LogP contribution is -2.18. The van der Waals surface area contributed by atoms with E-state index >= 15 is 0 Å². The number of nitrogens with zero attached hydrogens (tertiary/aromatic N) is 1. The Morgan fingerprint density at radius 1 is 1.16 bits per heavy atom. The zero-order valence-electron chi connectivity index (χ0n) is 19.7. The van der Waals surface area contributed by atoms with Crippen LogP contribution in [0.25, 0.3) is 28.4 Å². The van der Waals surface area contributed by atoms with Crippen molar-refractivity contribution >= 4 is 13.4 Å². The molecule has 1 atom stereocenters. The van der Waals surface area contributed by atoms with Crippen LogP contribution in [0.4, 0.5) is 4.39 Å². The van der Waals surface area contributed by atoms with Crippen LogP contribution in [-0.4, -0.2) is 23.4 Å². The topological polar surface area (TPSA) is 51.1 Å². The first-order valence-electron chi connectivity index (χ1n) is 10.6. The van der Waals surface area contributed by atoms with Crippen molar-refractivity contribution < 1.29 is 13.5 Å². The number of alkyl halides is 1. The summed E-state index contributed by atoms with van der Waals surface area (Å²) in [6.45, 7) is 17.2. The Morgan fingerprint density at radius 3 is 2.38 bits per heavy atom. The third kappa shape index (κ3) is 5.31. The third-order valence-electron chi connectivity index (χ3n) is 4.85. The van der Waals surface area contributed by atoms with Crippen LogP contribution in [-0.2, 0) is 10.3 Å². The van der Waals surface area contributed by atoms with Crippen LogP contribution in [0.15, 0.2) is 71.9 Å². The molecule has 1 aromatic carbocycles. The summed E-state index contributed by atoms with van der Waals surface area (Å²) in [5, 5.41) is 0. The van der Waals surface area contributed by atoms with Gasteiger partial charge in [-0.05, 0) is 58.4 Å². The molecule has 3 aromatic rings. The second-order valence-corrected chi connectivity index (χ2v) is 9.23. The molecule has 0 saturated heterocycles. The molecule has 1 unspecified atom stereocenters. The second kappa shape index (κ2) is 8.69. The SMILES string of the molecule is BC(C)(F)c1ccc(-c2nc(-c3ccc(/C(=C/C=C)C(=C)OC(C)(C)C)o3)[nH]c2C)cc1. The lowest BCUT2D eigenvalue weighted by Gasteiger charge is -2.23. The van der Waals surface area contributed by atoms with E-state index in [1.807, 2.05) is 58.0 Å². The molecule has 4 nitrogen and oxygen atoms in total. The monoisotopic (exact) mass is 432 g/mol. The maximum Gasteiger partial charge on any atom is 0.174 e. The molecule has 0 spiro atoms. The molecule has 0 radical (unpaired) electrons. The van der Waals surface area contributed by atoms with Gasteiger partial charge in [-0.3, -0.25) is 0 Å². The van der Waals surface area contributed by atoms with E-state index in [0.717, 1.165) is 17.0 Å². The van der Waals surface area contributed by atoms with E-state index in [0.29, 0.717) is 34.2 Å². The normalized spacial score (nSPS) is 14.1. The molecule has 2 heterocycles. The smallest absolute Gasteiger partial charge is 0.174 e. The van der Waals surface area contributed by atoms with E-state index in [-0.39, 0.29) is 5.60 Å². The van der Waals surface area contributed by atoms with E-state index in [1.165, 1.54) is 0 Å². The van der Waals surface area contributed by atoms with Crippen LogP contribution < -0.4 is 0 Å². The van der Waals surface area contributed by atoms with E-state index in [1.54, 1.807) is 33.0 Å². The molecule has 0 bridgehead atoms. The summed E-state index contributed by atoms with van der Waals surface area (Å²) in [7, 11) is 1.55. The number of halogens is 1. The molecule has 3 rings (SSSR count). The van der Waals surface area contributed by atoms with Crippen LogP contribution >= 0.6 is 0 Å². The fraction of sp³-hybridized carbons (Fsp3) is 0.269. The van der Waals surface area contributed by atoms with Crippen molar-refractivity contribution in [3.05, 3.63) is 84.5 Å². The van der Waals surface area contributed by atoms with Gasteiger partial charge in [-0.1, -0.05) is 43.5 Å². The Bertz CT molecular complexity index is 1160. The molecule has 0 amide bonds. The Kier molecular flexibility index (Phi) is 6.35. The highest BCUT2D eigenvalue weighted by Crippen LogP contribution is 2.33. The summed E-state index contributed by atoms with van der Waals surface area (Å²) < 4.78 is 26.2. The van der Waals surface area contributed by atoms with Gasteiger partial charge in [0.25, 0.3) is 0 Å². The number of aromatic nitrogens is 2. The first-order chi connectivity index (χ1) is 14.9. The average Bonchev–Trinajstić information content (AvgIpc) is 3.31. The van der Waals surface area contributed by atoms with Crippen molar-refractivity contribution in [2.24, 2.45) is 0 Å². The fourth-order valence-electron chi connectivity index (χ4n) is 3.35. The predicted octanol–water partition coefficient (Wildman–Crippen LogP) is 6.32. The van der Waals surface area contributed by atoms with E-state index < -0.39 is 5.57 Å². The van der Waals surface area contributed by atoms with Gasteiger partial charge in [-0.2, -0.15) is 0 Å². The van der Waals surface area contributed by atoms with E-state index in [2.05, 4.69) is 18.1 Å². The molecule has 0 aliphatic carbocycles. The minimum absolute atomic E-state index is 0.382. The maximum atomic E-state index is 14.2. The first-order valence-corrected chi connectivity index (χ1v) is 10.6. The standard InChI is InChI=1S/C26H30BFN2O2/c1-8-9-20(17(3)32-25(4,5)6)21-14-15-22(31-21)24-29-16(2)23(30-24)18-10-12-19(13-11-18)26(7,27)28/h8-15H,1,3,27H2,2,4-7H3,(H,29,30)/b20-9+. The van der Waals surface area contributed by atoms with Crippen molar-refractivity contribution in [3.8, 4) is 22.8 Å². The Labute approximate surface area is 190 Å². The summed E-state index contributed by atoms with van der Waals surface area (Å²) in [4.78, 5) is 8.01. The number of H-pyrrole nitrogens is 1. The van der Waals surface area contributed by atoms with Crippen molar-refractivity contribution in [2.75, 3.05) is 0 Å². The number of ether oxygens (including phenoxy) is 1. The summed E-state index contributed by atoms with van der Waals surface area (Å²) in [5.74, 6) is 2.32. The molecule has 6 heteroatoms. The van der Waals surface area contributed by atoms with Crippen LogP contribution in [0.3, 0.4) is 0 Å². The van der Waals surface area contributed by atoms with Crippen molar-refractivity contribution in [2.45, 2.75) is 45.8 Å². The average molecular weight is 432 g/mol. The molecule has 0 fully saturated rings. The number of aryl methyl sites for hydroxylation is 1. The van der Waals surface area contributed by atoms with Crippen molar-refractivity contribution in [1.29, 1.82) is 0 Å². The minimum Gasteiger partial charge on any atom is -0.488 e. The van der Waals surface area contributed by atoms with E-state index in [9.17, 15) is 4.39 Å².